The van der Waals surface area contributed by atoms with Gasteiger partial charge in [0.1, 0.15) is 0 Å². The second-order valence-corrected chi connectivity index (χ2v) is 3.98. The van der Waals surface area contributed by atoms with Crippen molar-refractivity contribution in [1.29, 1.82) is 0 Å². The first-order valence-electron chi connectivity index (χ1n) is 4.12. The number of hydrogen-bond acceptors (Lipinski definition) is 3. The quantitative estimate of drug-likeness (QED) is 0.506. The van der Waals surface area contributed by atoms with Gasteiger partial charge in [0.15, 0.2) is 0 Å². The van der Waals surface area contributed by atoms with E-state index in [2.05, 4.69) is 31.1 Å². The lowest BCUT2D eigenvalue weighted by Crippen LogP contribution is -2.46. The largest absolute Gasteiger partial charge is 0.390 e. The van der Waals surface area contributed by atoms with Gasteiger partial charge in [0.05, 0.1) is 6.10 Å². The highest BCUT2D eigenvalue weighted by Gasteiger charge is 2.27. The van der Waals surface area contributed by atoms with Crippen LogP contribution in [0.5, 0.6) is 0 Å². The third-order valence-corrected chi connectivity index (χ3v) is 2.46. The van der Waals surface area contributed by atoms with Crippen molar-refractivity contribution in [1.82, 2.24) is 10.2 Å². The first-order valence-corrected chi connectivity index (χ1v) is 4.12. The van der Waals surface area contributed by atoms with Gasteiger partial charge in [-0.2, -0.15) is 0 Å². The molecular weight excluding hydrogens is 140 g/mol. The van der Waals surface area contributed by atoms with Crippen LogP contribution in [0.2, 0.25) is 0 Å². The van der Waals surface area contributed by atoms with Crippen LogP contribution in [0.15, 0.2) is 0 Å². The van der Waals surface area contributed by atoms with Crippen molar-refractivity contribution in [2.45, 2.75) is 25.5 Å². The Morgan fingerprint density at radius 2 is 2.18 bits per heavy atom. The molecule has 3 nitrogen and oxygen atoms in total. The lowest BCUT2D eigenvalue weighted by Gasteiger charge is -2.33. The Morgan fingerprint density at radius 1 is 1.55 bits per heavy atom. The molecule has 1 fully saturated rings. The molecule has 0 saturated carbocycles. The van der Waals surface area contributed by atoms with E-state index in [-0.39, 0.29) is 11.6 Å². The van der Waals surface area contributed by atoms with Gasteiger partial charge in [0.2, 0.25) is 0 Å². The minimum atomic E-state index is -0.221. The van der Waals surface area contributed by atoms with Gasteiger partial charge >= 0.3 is 0 Å². The van der Waals surface area contributed by atoms with Crippen molar-refractivity contribution >= 4 is 0 Å². The first kappa shape index (κ1) is 8.97. The first-order chi connectivity index (χ1) is 5.02. The third-order valence-electron chi connectivity index (χ3n) is 2.46. The second kappa shape index (κ2) is 3.09. The fourth-order valence-corrected chi connectivity index (χ4v) is 1.31. The molecule has 0 bridgehead atoms. The smallest absolute Gasteiger partial charge is 0.0791 e. The third kappa shape index (κ3) is 2.15. The van der Waals surface area contributed by atoms with Crippen LogP contribution in [-0.4, -0.2) is 48.3 Å². The molecule has 0 spiro atoms. The molecule has 11 heavy (non-hydrogen) atoms. The molecule has 0 radical (unpaired) electrons. The predicted molar refractivity (Wildman–Crippen MR) is 45.6 cm³/mol. The fourth-order valence-electron chi connectivity index (χ4n) is 1.31. The van der Waals surface area contributed by atoms with Crippen molar-refractivity contribution < 1.29 is 5.11 Å². The number of nitrogens with zero attached hydrogens (tertiary/aromatic N) is 1. The highest BCUT2D eigenvalue weighted by molar-refractivity contribution is 4.86. The van der Waals surface area contributed by atoms with E-state index < -0.39 is 0 Å². The van der Waals surface area contributed by atoms with Crippen molar-refractivity contribution in [2.75, 3.05) is 26.7 Å². The second-order valence-electron chi connectivity index (χ2n) is 3.98. The zero-order chi connectivity index (χ0) is 8.48. The lowest BCUT2D eigenvalue weighted by molar-refractivity contribution is 0.0996. The number of aliphatic hydroxyl groups excluding tert-OH is 1. The molecule has 0 aromatic carbocycles. The molecule has 0 aliphatic carbocycles. The summed E-state index contributed by atoms with van der Waals surface area (Å²) in [7, 11) is 2.05. The number of hydrogen-bond donors (Lipinski definition) is 2. The van der Waals surface area contributed by atoms with Crippen LogP contribution in [0.25, 0.3) is 0 Å². The molecule has 0 aromatic rings. The Balaban J connectivity index is 2.58. The molecule has 66 valence electrons. The van der Waals surface area contributed by atoms with Crippen LogP contribution in [0.1, 0.15) is 13.8 Å². The van der Waals surface area contributed by atoms with Crippen LogP contribution >= 0.6 is 0 Å². The van der Waals surface area contributed by atoms with Crippen molar-refractivity contribution in [2.24, 2.45) is 0 Å². The number of nitrogens with one attached hydrogen (secondary N) is 1. The van der Waals surface area contributed by atoms with Gasteiger partial charge in [-0.25, -0.2) is 0 Å². The lowest BCUT2D eigenvalue weighted by atomic mass is 10.0. The van der Waals surface area contributed by atoms with E-state index in [0.717, 1.165) is 13.1 Å². The predicted octanol–water partition coefficient (Wildman–Crippen LogP) is -0.339. The number of likely N-dealkylation sites (N-methyl/N-ethyl adjacent to an activating group) is 1. The summed E-state index contributed by atoms with van der Waals surface area (Å²) in [6.07, 6.45) is -0.221. The van der Waals surface area contributed by atoms with Gasteiger partial charge in [-0.3, -0.25) is 4.90 Å². The molecule has 1 atom stereocenters. The maximum Gasteiger partial charge on any atom is 0.0791 e. The SMILES string of the molecule is CN1CC(O)CNCC1(C)C. The summed E-state index contributed by atoms with van der Waals surface area (Å²) < 4.78 is 0. The van der Waals surface area contributed by atoms with Crippen LogP contribution < -0.4 is 5.32 Å². The monoisotopic (exact) mass is 158 g/mol. The summed E-state index contributed by atoms with van der Waals surface area (Å²) in [4.78, 5) is 2.19. The molecule has 1 saturated heterocycles. The topological polar surface area (TPSA) is 35.5 Å². The Labute approximate surface area is 68.4 Å². The van der Waals surface area contributed by atoms with E-state index in [1.54, 1.807) is 0 Å². The summed E-state index contributed by atoms with van der Waals surface area (Å²) in [6, 6.07) is 0. The van der Waals surface area contributed by atoms with E-state index in [0.29, 0.717) is 6.54 Å². The standard InChI is InChI=1S/C8H18N2O/c1-8(2)6-9-4-7(11)5-10(8)3/h7,9,11H,4-6H2,1-3H3. The average Bonchev–Trinajstić information content (AvgIpc) is 1.94. The van der Waals surface area contributed by atoms with E-state index in [9.17, 15) is 5.11 Å². The highest BCUT2D eigenvalue weighted by Crippen LogP contribution is 2.13. The van der Waals surface area contributed by atoms with Crippen LogP contribution in [0.3, 0.4) is 0 Å². The van der Waals surface area contributed by atoms with E-state index >= 15 is 0 Å². The number of rotatable bonds is 0. The van der Waals surface area contributed by atoms with Gasteiger partial charge in [-0.15, -0.1) is 0 Å². The zero-order valence-electron chi connectivity index (χ0n) is 7.59. The van der Waals surface area contributed by atoms with Crippen molar-refractivity contribution in [3.05, 3.63) is 0 Å². The molecule has 1 heterocycles. The minimum absolute atomic E-state index is 0.164. The van der Waals surface area contributed by atoms with Crippen molar-refractivity contribution in [3.8, 4) is 0 Å². The molecule has 0 aromatic heterocycles. The Hall–Kier alpha value is -0.120. The summed E-state index contributed by atoms with van der Waals surface area (Å²) in [5, 5.41) is 12.6. The normalized spacial score (nSPS) is 33.3. The maximum absolute atomic E-state index is 9.39. The molecule has 3 heteroatoms. The summed E-state index contributed by atoms with van der Waals surface area (Å²) in [6.45, 7) is 6.78. The van der Waals surface area contributed by atoms with Gasteiger partial charge in [-0.1, -0.05) is 0 Å². The molecule has 1 unspecified atom stereocenters. The summed E-state index contributed by atoms with van der Waals surface area (Å²) in [5.41, 5.74) is 0.164. The van der Waals surface area contributed by atoms with Crippen molar-refractivity contribution in [3.63, 3.8) is 0 Å². The van der Waals surface area contributed by atoms with E-state index in [1.165, 1.54) is 0 Å². The maximum atomic E-state index is 9.39. The van der Waals surface area contributed by atoms with Gasteiger partial charge < -0.3 is 10.4 Å². The highest BCUT2D eigenvalue weighted by atomic mass is 16.3. The Morgan fingerprint density at radius 3 is 2.82 bits per heavy atom. The van der Waals surface area contributed by atoms with E-state index in [4.69, 9.17) is 0 Å². The van der Waals surface area contributed by atoms with Crippen LogP contribution in [0.4, 0.5) is 0 Å². The minimum Gasteiger partial charge on any atom is -0.390 e. The molecule has 1 aliphatic heterocycles. The van der Waals surface area contributed by atoms with Crippen LogP contribution in [-0.2, 0) is 0 Å². The van der Waals surface area contributed by atoms with E-state index in [1.807, 2.05) is 0 Å². The number of aliphatic hydroxyl groups is 1. The molecule has 0 amide bonds. The molecule has 1 aliphatic rings. The summed E-state index contributed by atoms with van der Waals surface area (Å²) in [5.74, 6) is 0. The van der Waals surface area contributed by atoms with Gasteiger partial charge in [0.25, 0.3) is 0 Å². The average molecular weight is 158 g/mol. The molecular formula is C8H18N2O. The number of β-amino-alcohol motifs (C(OH)–C–C–N with tert-alkyl or cyclic N) is 1. The molecule has 1 rings (SSSR count). The Kier molecular flexibility index (Phi) is 2.52. The zero-order valence-corrected chi connectivity index (χ0v) is 7.59. The van der Waals surface area contributed by atoms with Gasteiger partial charge in [-0.05, 0) is 20.9 Å². The van der Waals surface area contributed by atoms with Crippen LogP contribution in [0, 0.1) is 0 Å². The van der Waals surface area contributed by atoms with Gasteiger partial charge in [0, 0.05) is 25.2 Å². The fraction of sp³-hybridized carbons (Fsp3) is 1.00. The summed E-state index contributed by atoms with van der Waals surface area (Å²) >= 11 is 0. The molecule has 2 N–H and O–H groups in total. The Bertz CT molecular complexity index is 136.